The number of nitrogens with zero attached hydrogens (tertiary/aromatic N) is 1. The van der Waals surface area contributed by atoms with Gasteiger partial charge in [0.05, 0.1) is 19.3 Å². The maximum atomic E-state index is 12.0. The number of carbonyl (C=O) groups is 1. The molecule has 1 amide bonds. The van der Waals surface area contributed by atoms with E-state index in [1.807, 2.05) is 24.3 Å². The molecule has 0 aliphatic carbocycles. The van der Waals surface area contributed by atoms with Gasteiger partial charge in [-0.25, -0.2) is 0 Å². The first-order valence-electron chi connectivity index (χ1n) is 7.55. The maximum absolute atomic E-state index is 12.0. The first kappa shape index (κ1) is 15.8. The molecular formula is C16H25N3O2. The second-order valence-electron chi connectivity index (χ2n) is 5.87. The van der Waals surface area contributed by atoms with Gasteiger partial charge in [-0.05, 0) is 36.6 Å². The summed E-state index contributed by atoms with van der Waals surface area (Å²) in [5.41, 5.74) is 7.82. The van der Waals surface area contributed by atoms with Gasteiger partial charge in [0.25, 0.3) is 0 Å². The van der Waals surface area contributed by atoms with E-state index in [0.717, 1.165) is 37.7 Å². The van der Waals surface area contributed by atoms with Crippen molar-refractivity contribution in [3.05, 3.63) is 24.3 Å². The van der Waals surface area contributed by atoms with Crippen LogP contribution in [0.2, 0.25) is 0 Å². The fourth-order valence-electron chi connectivity index (χ4n) is 2.43. The van der Waals surface area contributed by atoms with Crippen LogP contribution in [0.5, 0.6) is 0 Å². The van der Waals surface area contributed by atoms with Crippen LogP contribution in [0.1, 0.15) is 20.3 Å². The Hall–Kier alpha value is -1.59. The average molecular weight is 291 g/mol. The molecule has 1 saturated heterocycles. The molecule has 5 heteroatoms. The average Bonchev–Trinajstić information content (AvgIpc) is 2.48. The number of carbonyl (C=O) groups excluding carboxylic acids is 1. The lowest BCUT2D eigenvalue weighted by Gasteiger charge is -2.29. The van der Waals surface area contributed by atoms with Gasteiger partial charge in [-0.15, -0.1) is 0 Å². The molecule has 1 atom stereocenters. The first-order chi connectivity index (χ1) is 10.1. The Balaban J connectivity index is 1.91. The van der Waals surface area contributed by atoms with Crippen LogP contribution in [-0.4, -0.2) is 38.3 Å². The monoisotopic (exact) mass is 291 g/mol. The van der Waals surface area contributed by atoms with Crippen LogP contribution in [0.25, 0.3) is 0 Å². The number of hydrogen-bond acceptors (Lipinski definition) is 4. The van der Waals surface area contributed by atoms with Crippen LogP contribution in [0.3, 0.4) is 0 Å². The number of anilines is 2. The lowest BCUT2D eigenvalue weighted by molar-refractivity contribution is -0.117. The summed E-state index contributed by atoms with van der Waals surface area (Å²) in [6.45, 7) is 7.47. The molecule has 5 nitrogen and oxygen atoms in total. The zero-order chi connectivity index (χ0) is 15.2. The number of rotatable bonds is 5. The molecule has 0 spiro atoms. The van der Waals surface area contributed by atoms with Crippen molar-refractivity contribution in [1.82, 2.24) is 0 Å². The van der Waals surface area contributed by atoms with Gasteiger partial charge in [-0.1, -0.05) is 13.8 Å². The van der Waals surface area contributed by atoms with Crippen LogP contribution in [-0.2, 0) is 9.53 Å². The third-order valence-electron chi connectivity index (χ3n) is 3.57. The topological polar surface area (TPSA) is 67.6 Å². The zero-order valence-electron chi connectivity index (χ0n) is 12.8. The first-order valence-corrected chi connectivity index (χ1v) is 7.55. The van der Waals surface area contributed by atoms with E-state index in [9.17, 15) is 4.79 Å². The molecule has 1 aromatic rings. The number of benzene rings is 1. The molecule has 0 aromatic heterocycles. The van der Waals surface area contributed by atoms with Crippen LogP contribution in [0, 0.1) is 5.92 Å². The molecule has 1 aliphatic rings. The molecule has 1 aromatic carbocycles. The lowest BCUT2D eigenvalue weighted by atomic mass is 10.0. The molecule has 1 heterocycles. The lowest BCUT2D eigenvalue weighted by Crippen LogP contribution is -2.37. The minimum absolute atomic E-state index is 0.122. The summed E-state index contributed by atoms with van der Waals surface area (Å²) in [5, 5.41) is 2.87. The predicted octanol–water partition coefficient (Wildman–Crippen LogP) is 1.84. The second-order valence-corrected chi connectivity index (χ2v) is 5.87. The second kappa shape index (κ2) is 7.43. The van der Waals surface area contributed by atoms with Crippen molar-refractivity contribution < 1.29 is 9.53 Å². The predicted molar refractivity (Wildman–Crippen MR) is 85.5 cm³/mol. The Labute approximate surface area is 126 Å². The number of hydrogen-bond donors (Lipinski definition) is 2. The Morgan fingerprint density at radius 2 is 1.90 bits per heavy atom. The van der Waals surface area contributed by atoms with Gasteiger partial charge in [0.1, 0.15) is 0 Å². The third-order valence-corrected chi connectivity index (χ3v) is 3.57. The summed E-state index contributed by atoms with van der Waals surface area (Å²) in [5.74, 6) is 0.289. The highest BCUT2D eigenvalue weighted by Crippen LogP contribution is 2.19. The van der Waals surface area contributed by atoms with E-state index in [4.69, 9.17) is 10.5 Å². The normalized spacial score (nSPS) is 16.9. The summed E-state index contributed by atoms with van der Waals surface area (Å²) in [6.07, 6.45) is 0.692. The highest BCUT2D eigenvalue weighted by Gasteiger charge is 2.15. The summed E-state index contributed by atoms with van der Waals surface area (Å²) in [7, 11) is 0. The van der Waals surface area contributed by atoms with Gasteiger partial charge in [-0.3, -0.25) is 4.79 Å². The number of nitrogens with one attached hydrogen (secondary N) is 1. The largest absolute Gasteiger partial charge is 0.378 e. The number of nitrogens with two attached hydrogens (primary N) is 1. The third kappa shape index (κ3) is 4.72. The quantitative estimate of drug-likeness (QED) is 0.868. The highest BCUT2D eigenvalue weighted by atomic mass is 16.5. The molecule has 1 aliphatic heterocycles. The highest BCUT2D eigenvalue weighted by molar-refractivity contribution is 5.94. The van der Waals surface area contributed by atoms with E-state index in [-0.39, 0.29) is 5.91 Å². The molecule has 2 rings (SSSR count). The van der Waals surface area contributed by atoms with Crippen molar-refractivity contribution >= 4 is 17.3 Å². The minimum atomic E-state index is -0.455. The molecule has 0 unspecified atom stereocenters. The van der Waals surface area contributed by atoms with E-state index in [1.54, 1.807) is 0 Å². The summed E-state index contributed by atoms with van der Waals surface area (Å²) >= 11 is 0. The summed E-state index contributed by atoms with van der Waals surface area (Å²) in [6, 6.07) is 7.43. The fraction of sp³-hybridized carbons (Fsp3) is 0.562. The molecule has 0 radical (unpaired) electrons. The number of amides is 1. The van der Waals surface area contributed by atoms with Crippen LogP contribution in [0.15, 0.2) is 24.3 Å². The molecule has 116 valence electrons. The van der Waals surface area contributed by atoms with Crippen LogP contribution in [0.4, 0.5) is 11.4 Å². The Morgan fingerprint density at radius 3 is 2.48 bits per heavy atom. The smallest absolute Gasteiger partial charge is 0.241 e. The Morgan fingerprint density at radius 1 is 1.29 bits per heavy atom. The molecule has 0 saturated carbocycles. The van der Waals surface area contributed by atoms with Crippen molar-refractivity contribution in [2.24, 2.45) is 11.7 Å². The van der Waals surface area contributed by atoms with E-state index in [0.29, 0.717) is 12.3 Å². The van der Waals surface area contributed by atoms with Gasteiger partial charge in [0.15, 0.2) is 0 Å². The van der Waals surface area contributed by atoms with Crippen molar-refractivity contribution in [1.29, 1.82) is 0 Å². The minimum Gasteiger partial charge on any atom is -0.378 e. The summed E-state index contributed by atoms with van der Waals surface area (Å²) < 4.78 is 5.34. The Bertz CT molecular complexity index is 453. The van der Waals surface area contributed by atoms with Crippen molar-refractivity contribution in [3.8, 4) is 0 Å². The van der Waals surface area contributed by atoms with Gasteiger partial charge >= 0.3 is 0 Å². The molecule has 1 fully saturated rings. The number of morpholine rings is 1. The maximum Gasteiger partial charge on any atom is 0.241 e. The SMILES string of the molecule is CC(C)C[C@H](N)C(=O)Nc1ccc(N2CCOCC2)cc1. The van der Waals surface area contributed by atoms with Crippen molar-refractivity contribution in [2.75, 3.05) is 36.5 Å². The van der Waals surface area contributed by atoms with Gasteiger partial charge < -0.3 is 20.7 Å². The molecular weight excluding hydrogens is 266 g/mol. The van der Waals surface area contributed by atoms with Crippen LogP contribution < -0.4 is 16.0 Å². The molecule has 21 heavy (non-hydrogen) atoms. The van der Waals surface area contributed by atoms with Crippen LogP contribution >= 0.6 is 0 Å². The fourth-order valence-corrected chi connectivity index (χ4v) is 2.43. The van der Waals surface area contributed by atoms with Gasteiger partial charge in [0, 0.05) is 24.5 Å². The standard InChI is InChI=1S/C16H25N3O2/c1-12(2)11-15(17)16(20)18-13-3-5-14(6-4-13)19-7-9-21-10-8-19/h3-6,12,15H,7-11,17H2,1-2H3,(H,18,20)/t15-/m0/s1. The van der Waals surface area contributed by atoms with Crippen molar-refractivity contribution in [3.63, 3.8) is 0 Å². The van der Waals surface area contributed by atoms with Crippen molar-refractivity contribution in [2.45, 2.75) is 26.3 Å². The number of ether oxygens (including phenoxy) is 1. The van der Waals surface area contributed by atoms with Gasteiger partial charge in [0.2, 0.25) is 5.91 Å². The summed E-state index contributed by atoms with van der Waals surface area (Å²) in [4.78, 5) is 14.2. The Kier molecular flexibility index (Phi) is 5.59. The molecule has 3 N–H and O–H groups in total. The van der Waals surface area contributed by atoms with E-state index < -0.39 is 6.04 Å². The van der Waals surface area contributed by atoms with E-state index in [2.05, 4.69) is 24.1 Å². The van der Waals surface area contributed by atoms with Gasteiger partial charge in [-0.2, -0.15) is 0 Å². The van der Waals surface area contributed by atoms with E-state index >= 15 is 0 Å². The molecule has 0 bridgehead atoms. The zero-order valence-corrected chi connectivity index (χ0v) is 12.8. The van der Waals surface area contributed by atoms with E-state index in [1.165, 1.54) is 0 Å².